The highest BCUT2D eigenvalue weighted by molar-refractivity contribution is 5.38. The molecule has 1 aromatic rings. The van der Waals surface area contributed by atoms with Crippen molar-refractivity contribution >= 4 is 5.69 Å². The Kier molecular flexibility index (Phi) is 4.69. The van der Waals surface area contributed by atoms with E-state index < -0.39 is 4.92 Å². The molecular formula is C11H17N3O5. The number of aliphatic hydroxyl groups excluding tert-OH is 1. The van der Waals surface area contributed by atoms with E-state index >= 15 is 0 Å². The molecule has 2 rings (SSSR count). The maximum absolute atomic E-state index is 10.9. The van der Waals surface area contributed by atoms with Gasteiger partial charge in [0.05, 0.1) is 24.2 Å². The van der Waals surface area contributed by atoms with Crippen LogP contribution < -0.4 is 4.74 Å². The fraction of sp³-hybridized carbons (Fsp3) is 0.727. The van der Waals surface area contributed by atoms with Crippen molar-refractivity contribution < 1.29 is 19.5 Å². The molecular weight excluding hydrogens is 254 g/mol. The molecule has 1 unspecified atom stereocenters. The molecule has 1 fully saturated rings. The van der Waals surface area contributed by atoms with Crippen LogP contribution in [-0.2, 0) is 4.74 Å². The van der Waals surface area contributed by atoms with Crippen LogP contribution in [-0.4, -0.2) is 46.2 Å². The monoisotopic (exact) mass is 271 g/mol. The smallest absolute Gasteiger partial charge is 0.350 e. The lowest BCUT2D eigenvalue weighted by atomic mass is 10.1. The average molecular weight is 271 g/mol. The molecule has 0 saturated carbocycles. The van der Waals surface area contributed by atoms with E-state index in [4.69, 9.17) is 14.6 Å². The molecule has 1 aliphatic heterocycles. The Hall–Kier alpha value is -1.67. The summed E-state index contributed by atoms with van der Waals surface area (Å²) in [5, 5.41) is 23.7. The van der Waals surface area contributed by atoms with Crippen LogP contribution in [0.5, 0.6) is 5.88 Å². The van der Waals surface area contributed by atoms with E-state index in [1.807, 2.05) is 0 Å². The van der Waals surface area contributed by atoms with Crippen molar-refractivity contribution in [2.75, 3.05) is 26.4 Å². The van der Waals surface area contributed by atoms with E-state index in [0.29, 0.717) is 13.0 Å². The first-order valence-corrected chi connectivity index (χ1v) is 6.27. The molecule has 0 amide bonds. The lowest BCUT2D eigenvalue weighted by Crippen LogP contribution is -2.21. The molecule has 8 heteroatoms. The van der Waals surface area contributed by atoms with E-state index in [2.05, 4.69) is 5.10 Å². The van der Waals surface area contributed by atoms with Crippen LogP contribution in [0.3, 0.4) is 0 Å². The second kappa shape index (κ2) is 6.48. The molecule has 106 valence electrons. The molecule has 19 heavy (non-hydrogen) atoms. The molecule has 2 heterocycles. The Morgan fingerprint density at radius 3 is 3.16 bits per heavy atom. The highest BCUT2D eigenvalue weighted by Gasteiger charge is 2.25. The predicted molar refractivity (Wildman–Crippen MR) is 65.2 cm³/mol. The van der Waals surface area contributed by atoms with Gasteiger partial charge in [-0.2, -0.15) is 0 Å². The van der Waals surface area contributed by atoms with E-state index in [1.165, 1.54) is 6.20 Å². The number of ether oxygens (including phenoxy) is 2. The number of hydrogen-bond donors (Lipinski definition) is 1. The zero-order valence-electron chi connectivity index (χ0n) is 10.5. The van der Waals surface area contributed by atoms with Crippen molar-refractivity contribution in [3.63, 3.8) is 0 Å². The Labute approximate surface area is 110 Å². The summed E-state index contributed by atoms with van der Waals surface area (Å²) in [6.45, 7) is 1.41. The first kappa shape index (κ1) is 13.8. The van der Waals surface area contributed by atoms with Crippen LogP contribution >= 0.6 is 0 Å². The van der Waals surface area contributed by atoms with E-state index in [9.17, 15) is 10.1 Å². The van der Waals surface area contributed by atoms with Crippen molar-refractivity contribution in [1.82, 2.24) is 9.78 Å². The summed E-state index contributed by atoms with van der Waals surface area (Å²) in [7, 11) is 0. The molecule has 1 atom stereocenters. The Bertz CT molecular complexity index is 428. The molecule has 0 spiro atoms. The average Bonchev–Trinajstić information content (AvgIpc) is 2.84. The molecule has 0 bridgehead atoms. The fourth-order valence-corrected chi connectivity index (χ4v) is 1.95. The minimum Gasteiger partial charge on any atom is -0.472 e. The molecule has 1 saturated heterocycles. The standard InChI is InChI=1S/C11H17N3O5/c15-4-2-6-19-11-10(14(16)17)7-13(12-11)9-3-1-5-18-8-9/h7,9,15H,1-6,8H2. The van der Waals surface area contributed by atoms with Gasteiger partial charge < -0.3 is 14.6 Å². The lowest BCUT2D eigenvalue weighted by molar-refractivity contribution is -0.386. The van der Waals surface area contributed by atoms with Crippen molar-refractivity contribution in [2.24, 2.45) is 0 Å². The zero-order chi connectivity index (χ0) is 13.7. The third kappa shape index (κ3) is 3.42. The maximum Gasteiger partial charge on any atom is 0.350 e. The number of nitro groups is 1. The first-order valence-electron chi connectivity index (χ1n) is 6.27. The summed E-state index contributed by atoms with van der Waals surface area (Å²) in [5.41, 5.74) is -0.150. The summed E-state index contributed by atoms with van der Waals surface area (Å²) in [4.78, 5) is 10.4. The number of nitrogens with zero attached hydrogens (tertiary/aromatic N) is 3. The number of rotatable bonds is 6. The van der Waals surface area contributed by atoms with Gasteiger partial charge in [-0.25, -0.2) is 0 Å². The van der Waals surface area contributed by atoms with Gasteiger partial charge in [0.2, 0.25) is 0 Å². The Morgan fingerprint density at radius 2 is 2.53 bits per heavy atom. The molecule has 1 N–H and O–H groups in total. The highest BCUT2D eigenvalue weighted by atomic mass is 16.6. The van der Waals surface area contributed by atoms with Crippen LogP contribution in [0.4, 0.5) is 5.69 Å². The van der Waals surface area contributed by atoms with Crippen LogP contribution in [0.25, 0.3) is 0 Å². The molecule has 8 nitrogen and oxygen atoms in total. The van der Waals surface area contributed by atoms with Crippen molar-refractivity contribution in [3.05, 3.63) is 16.3 Å². The Balaban J connectivity index is 2.11. The van der Waals surface area contributed by atoms with Gasteiger partial charge in [-0.1, -0.05) is 0 Å². The Morgan fingerprint density at radius 1 is 1.68 bits per heavy atom. The van der Waals surface area contributed by atoms with Gasteiger partial charge in [-0.05, 0) is 12.8 Å². The largest absolute Gasteiger partial charge is 0.472 e. The van der Waals surface area contributed by atoms with E-state index in [1.54, 1.807) is 4.68 Å². The fourth-order valence-electron chi connectivity index (χ4n) is 1.95. The van der Waals surface area contributed by atoms with Gasteiger partial charge >= 0.3 is 11.6 Å². The minimum atomic E-state index is -0.512. The molecule has 0 aromatic carbocycles. The van der Waals surface area contributed by atoms with Crippen LogP contribution in [0, 0.1) is 10.1 Å². The minimum absolute atomic E-state index is 0.00373. The molecule has 1 aliphatic rings. The molecule has 0 radical (unpaired) electrons. The summed E-state index contributed by atoms with van der Waals surface area (Å²) >= 11 is 0. The van der Waals surface area contributed by atoms with Crippen molar-refractivity contribution in [3.8, 4) is 5.88 Å². The number of aromatic nitrogens is 2. The van der Waals surface area contributed by atoms with E-state index in [0.717, 1.165) is 19.4 Å². The van der Waals surface area contributed by atoms with Crippen molar-refractivity contribution in [1.29, 1.82) is 0 Å². The summed E-state index contributed by atoms with van der Waals surface area (Å²) < 4.78 is 12.1. The van der Waals surface area contributed by atoms with Crippen LogP contribution in [0.1, 0.15) is 25.3 Å². The van der Waals surface area contributed by atoms with Gasteiger partial charge in [-0.3, -0.25) is 14.8 Å². The number of hydrogen-bond acceptors (Lipinski definition) is 6. The number of aliphatic hydroxyl groups is 1. The maximum atomic E-state index is 10.9. The quantitative estimate of drug-likeness (QED) is 0.469. The topological polar surface area (TPSA) is 99.7 Å². The SMILES string of the molecule is O=[N+]([O-])c1cn(C2CCCOC2)nc1OCCCO. The molecule has 0 aliphatic carbocycles. The predicted octanol–water partition coefficient (Wildman–Crippen LogP) is 0.904. The normalized spacial score (nSPS) is 19.3. The summed E-state index contributed by atoms with van der Waals surface area (Å²) in [6.07, 6.45) is 3.60. The van der Waals surface area contributed by atoms with Crippen LogP contribution in [0.15, 0.2) is 6.20 Å². The summed E-state index contributed by atoms with van der Waals surface area (Å²) in [5.74, 6) is 0.00373. The van der Waals surface area contributed by atoms with Gasteiger partial charge in [-0.15, -0.1) is 5.10 Å². The lowest BCUT2D eigenvalue weighted by Gasteiger charge is -2.21. The van der Waals surface area contributed by atoms with Crippen molar-refractivity contribution in [2.45, 2.75) is 25.3 Å². The third-order valence-electron chi connectivity index (χ3n) is 2.93. The van der Waals surface area contributed by atoms with Gasteiger partial charge in [0.1, 0.15) is 6.20 Å². The van der Waals surface area contributed by atoms with Gasteiger partial charge in [0.15, 0.2) is 0 Å². The highest BCUT2D eigenvalue weighted by Crippen LogP contribution is 2.29. The van der Waals surface area contributed by atoms with Gasteiger partial charge in [0.25, 0.3) is 0 Å². The van der Waals surface area contributed by atoms with Gasteiger partial charge in [0, 0.05) is 19.6 Å². The zero-order valence-corrected chi connectivity index (χ0v) is 10.5. The molecule has 1 aromatic heterocycles. The van der Waals surface area contributed by atoms with Crippen LogP contribution in [0.2, 0.25) is 0 Å². The second-order valence-corrected chi connectivity index (χ2v) is 4.35. The first-order chi connectivity index (χ1) is 9.22. The van der Waals surface area contributed by atoms with E-state index in [-0.39, 0.29) is 30.8 Å². The second-order valence-electron chi connectivity index (χ2n) is 4.35. The third-order valence-corrected chi connectivity index (χ3v) is 2.93. The summed E-state index contributed by atoms with van der Waals surface area (Å²) in [6, 6.07) is 0.0163.